The SMILES string of the molecule is Cc1cc(N2CCCS2(=O)=O)ccc1NC(=O)Cc1ccc(-c2ccccc2)cc1. The highest BCUT2D eigenvalue weighted by atomic mass is 32.2. The molecule has 30 heavy (non-hydrogen) atoms. The van der Waals surface area contributed by atoms with Gasteiger partial charge in [0.1, 0.15) is 0 Å². The van der Waals surface area contributed by atoms with Crippen LogP contribution in [0.2, 0.25) is 0 Å². The minimum absolute atomic E-state index is 0.105. The predicted molar refractivity (Wildman–Crippen MR) is 121 cm³/mol. The van der Waals surface area contributed by atoms with E-state index in [0.29, 0.717) is 24.3 Å². The minimum atomic E-state index is -3.21. The van der Waals surface area contributed by atoms with E-state index >= 15 is 0 Å². The first-order chi connectivity index (χ1) is 14.4. The number of nitrogens with zero attached hydrogens (tertiary/aromatic N) is 1. The van der Waals surface area contributed by atoms with Gasteiger partial charge in [-0.25, -0.2) is 8.42 Å². The maximum atomic E-state index is 12.5. The summed E-state index contributed by atoms with van der Waals surface area (Å²) in [5, 5.41) is 2.94. The van der Waals surface area contributed by atoms with E-state index in [-0.39, 0.29) is 18.1 Å². The second-order valence-corrected chi connectivity index (χ2v) is 9.54. The summed E-state index contributed by atoms with van der Waals surface area (Å²) < 4.78 is 25.7. The van der Waals surface area contributed by atoms with E-state index in [9.17, 15) is 13.2 Å². The van der Waals surface area contributed by atoms with Crippen LogP contribution in [0.1, 0.15) is 17.5 Å². The smallest absolute Gasteiger partial charge is 0.235 e. The van der Waals surface area contributed by atoms with Crippen molar-refractivity contribution < 1.29 is 13.2 Å². The molecule has 0 aliphatic carbocycles. The lowest BCUT2D eigenvalue weighted by atomic mass is 10.0. The second-order valence-electron chi connectivity index (χ2n) is 7.53. The van der Waals surface area contributed by atoms with E-state index < -0.39 is 10.0 Å². The molecule has 0 bridgehead atoms. The molecule has 1 heterocycles. The van der Waals surface area contributed by atoms with Gasteiger partial charge in [-0.1, -0.05) is 54.6 Å². The number of benzene rings is 3. The van der Waals surface area contributed by atoms with Crippen molar-refractivity contribution in [3.63, 3.8) is 0 Å². The number of hydrogen-bond donors (Lipinski definition) is 1. The molecule has 0 radical (unpaired) electrons. The first kappa shape index (κ1) is 20.2. The molecular weight excluding hydrogens is 396 g/mol. The van der Waals surface area contributed by atoms with E-state index in [1.165, 1.54) is 4.31 Å². The molecule has 3 aromatic rings. The van der Waals surface area contributed by atoms with Crippen LogP contribution in [0.15, 0.2) is 72.8 Å². The van der Waals surface area contributed by atoms with Crippen molar-refractivity contribution in [2.45, 2.75) is 19.8 Å². The first-order valence-electron chi connectivity index (χ1n) is 9.98. The lowest BCUT2D eigenvalue weighted by Gasteiger charge is -2.18. The molecule has 1 aliphatic rings. The van der Waals surface area contributed by atoms with Crippen LogP contribution in [0.4, 0.5) is 11.4 Å². The Labute approximate surface area is 177 Å². The van der Waals surface area contributed by atoms with Gasteiger partial charge in [0.25, 0.3) is 0 Å². The van der Waals surface area contributed by atoms with E-state index in [4.69, 9.17) is 0 Å². The van der Waals surface area contributed by atoms with Crippen LogP contribution in [0, 0.1) is 6.92 Å². The average molecular weight is 421 g/mol. The number of carbonyl (C=O) groups excluding carboxylic acids is 1. The van der Waals surface area contributed by atoms with Gasteiger partial charge >= 0.3 is 0 Å². The molecule has 5 nitrogen and oxygen atoms in total. The molecule has 0 aromatic heterocycles. The number of carbonyl (C=O) groups is 1. The highest BCUT2D eigenvalue weighted by Crippen LogP contribution is 2.28. The summed E-state index contributed by atoms with van der Waals surface area (Å²) in [5.74, 6) is 0.0836. The van der Waals surface area contributed by atoms with Gasteiger partial charge in [0.05, 0.1) is 17.9 Å². The van der Waals surface area contributed by atoms with Crippen LogP contribution in [-0.2, 0) is 21.2 Å². The number of hydrogen-bond acceptors (Lipinski definition) is 3. The molecule has 1 saturated heterocycles. The normalized spacial score (nSPS) is 15.2. The Balaban J connectivity index is 1.42. The zero-order valence-electron chi connectivity index (χ0n) is 16.8. The van der Waals surface area contributed by atoms with Gasteiger partial charge in [-0.2, -0.15) is 0 Å². The minimum Gasteiger partial charge on any atom is -0.326 e. The van der Waals surface area contributed by atoms with Crippen molar-refractivity contribution in [3.8, 4) is 11.1 Å². The van der Waals surface area contributed by atoms with Crippen molar-refractivity contribution in [2.75, 3.05) is 21.9 Å². The number of sulfonamides is 1. The zero-order chi connectivity index (χ0) is 21.1. The molecule has 0 saturated carbocycles. The van der Waals surface area contributed by atoms with Gasteiger partial charge < -0.3 is 5.32 Å². The molecule has 154 valence electrons. The summed E-state index contributed by atoms with van der Waals surface area (Å²) in [6, 6.07) is 23.4. The first-order valence-corrected chi connectivity index (χ1v) is 11.6. The molecule has 0 atom stereocenters. The maximum Gasteiger partial charge on any atom is 0.235 e. The van der Waals surface area contributed by atoms with Crippen molar-refractivity contribution >= 4 is 27.3 Å². The highest BCUT2D eigenvalue weighted by Gasteiger charge is 2.28. The second kappa shape index (κ2) is 8.32. The van der Waals surface area contributed by atoms with Crippen molar-refractivity contribution in [3.05, 3.63) is 83.9 Å². The third kappa shape index (κ3) is 4.39. The molecule has 0 spiro atoms. The summed E-state index contributed by atoms with van der Waals surface area (Å²) >= 11 is 0. The molecule has 6 heteroatoms. The molecular formula is C24H24N2O3S. The lowest BCUT2D eigenvalue weighted by Crippen LogP contribution is -2.25. The lowest BCUT2D eigenvalue weighted by molar-refractivity contribution is -0.115. The van der Waals surface area contributed by atoms with Crippen LogP contribution in [-0.4, -0.2) is 26.6 Å². The zero-order valence-corrected chi connectivity index (χ0v) is 17.7. The number of amides is 1. The molecule has 1 amide bonds. The summed E-state index contributed by atoms with van der Waals surface area (Å²) in [6.45, 7) is 2.38. The largest absolute Gasteiger partial charge is 0.326 e. The van der Waals surface area contributed by atoms with Crippen LogP contribution in [0.25, 0.3) is 11.1 Å². The van der Waals surface area contributed by atoms with Crippen LogP contribution < -0.4 is 9.62 Å². The molecule has 3 aromatic carbocycles. The molecule has 1 aliphatic heterocycles. The van der Waals surface area contributed by atoms with Crippen LogP contribution >= 0.6 is 0 Å². The molecule has 1 N–H and O–H groups in total. The highest BCUT2D eigenvalue weighted by molar-refractivity contribution is 7.93. The van der Waals surface area contributed by atoms with E-state index in [1.807, 2.05) is 55.5 Å². The Morgan fingerprint density at radius 1 is 0.967 bits per heavy atom. The van der Waals surface area contributed by atoms with E-state index in [1.54, 1.807) is 12.1 Å². The fraction of sp³-hybridized carbons (Fsp3) is 0.208. The van der Waals surface area contributed by atoms with E-state index in [2.05, 4.69) is 17.4 Å². The van der Waals surface area contributed by atoms with Gasteiger partial charge in [0, 0.05) is 12.2 Å². The van der Waals surface area contributed by atoms with Gasteiger partial charge in [-0.15, -0.1) is 0 Å². The van der Waals surface area contributed by atoms with Gasteiger partial charge in [-0.3, -0.25) is 9.10 Å². The van der Waals surface area contributed by atoms with Crippen molar-refractivity contribution in [2.24, 2.45) is 0 Å². The predicted octanol–water partition coefficient (Wildman–Crippen LogP) is 4.38. The van der Waals surface area contributed by atoms with Gasteiger partial charge in [-0.05, 0) is 53.8 Å². The Hall–Kier alpha value is -3.12. The monoisotopic (exact) mass is 420 g/mol. The van der Waals surface area contributed by atoms with Crippen LogP contribution in [0.3, 0.4) is 0 Å². The maximum absolute atomic E-state index is 12.5. The van der Waals surface area contributed by atoms with E-state index in [0.717, 1.165) is 22.3 Å². The van der Waals surface area contributed by atoms with Crippen molar-refractivity contribution in [1.29, 1.82) is 0 Å². The number of rotatable bonds is 5. The Bertz CT molecular complexity index is 1160. The molecule has 4 rings (SSSR count). The standard InChI is InChI=1S/C24H24N2O3S/c1-18-16-22(26-14-5-15-30(26,28)29)12-13-23(18)25-24(27)17-19-8-10-21(11-9-19)20-6-3-2-4-7-20/h2-4,6-13,16H,5,14-15,17H2,1H3,(H,25,27). The topological polar surface area (TPSA) is 66.5 Å². The van der Waals surface area contributed by atoms with Crippen molar-refractivity contribution in [1.82, 2.24) is 0 Å². The summed E-state index contributed by atoms with van der Waals surface area (Å²) in [7, 11) is -3.21. The van der Waals surface area contributed by atoms with Gasteiger partial charge in [0.2, 0.25) is 15.9 Å². The molecule has 0 unspecified atom stereocenters. The summed E-state index contributed by atoms with van der Waals surface area (Å²) in [4.78, 5) is 12.5. The number of nitrogens with one attached hydrogen (secondary N) is 1. The third-order valence-corrected chi connectivity index (χ3v) is 7.17. The Morgan fingerprint density at radius 2 is 1.67 bits per heavy atom. The Morgan fingerprint density at radius 3 is 2.30 bits per heavy atom. The third-order valence-electron chi connectivity index (χ3n) is 5.30. The Kier molecular flexibility index (Phi) is 5.59. The fourth-order valence-corrected chi connectivity index (χ4v) is 5.25. The van der Waals surface area contributed by atoms with Crippen LogP contribution in [0.5, 0.6) is 0 Å². The molecule has 1 fully saturated rings. The summed E-state index contributed by atoms with van der Waals surface area (Å²) in [6.07, 6.45) is 0.916. The average Bonchev–Trinajstić information content (AvgIpc) is 3.10. The number of aryl methyl sites for hydroxylation is 1. The summed E-state index contributed by atoms with van der Waals surface area (Å²) in [5.41, 5.74) is 5.38. The number of anilines is 2. The quantitative estimate of drug-likeness (QED) is 0.666. The fourth-order valence-electron chi connectivity index (χ4n) is 3.70. The van der Waals surface area contributed by atoms with Gasteiger partial charge in [0.15, 0.2) is 0 Å².